The molecule has 0 spiro atoms. The summed E-state index contributed by atoms with van der Waals surface area (Å²) in [7, 11) is 0. The molecule has 0 fully saturated rings. The molecule has 6 nitrogen and oxygen atoms in total. The van der Waals surface area contributed by atoms with Gasteiger partial charge in [-0.2, -0.15) is 11.8 Å². The van der Waals surface area contributed by atoms with Crippen LogP contribution in [0.25, 0.3) is 0 Å². The van der Waals surface area contributed by atoms with Crippen LogP contribution in [0.2, 0.25) is 0 Å². The summed E-state index contributed by atoms with van der Waals surface area (Å²) >= 11 is 1.64. The van der Waals surface area contributed by atoms with Gasteiger partial charge in [-0.05, 0) is 45.7 Å². The number of ether oxygens (including phenoxy) is 1. The first-order valence-corrected chi connectivity index (χ1v) is 8.66. The van der Waals surface area contributed by atoms with Crippen LogP contribution in [0, 0.1) is 0 Å². The van der Waals surface area contributed by atoms with E-state index in [2.05, 4.69) is 16.0 Å². The largest absolute Gasteiger partial charge is 0.444 e. The Bertz CT molecular complexity index is 319. The molecular weight excluding hydrogens is 290 g/mol. The number of thioether (sulfide) groups is 1. The van der Waals surface area contributed by atoms with E-state index in [9.17, 15) is 9.59 Å². The van der Waals surface area contributed by atoms with Crippen LogP contribution in [0.1, 0.15) is 34.1 Å². The van der Waals surface area contributed by atoms with Crippen molar-refractivity contribution in [3.8, 4) is 0 Å². The van der Waals surface area contributed by atoms with Gasteiger partial charge in [0.1, 0.15) is 11.6 Å². The molecule has 0 aromatic heterocycles. The molecule has 0 aliphatic heterocycles. The van der Waals surface area contributed by atoms with Gasteiger partial charge in [-0.15, -0.1) is 0 Å². The fourth-order valence-electron chi connectivity index (χ4n) is 1.53. The number of hydrogen-bond acceptors (Lipinski definition) is 5. The summed E-state index contributed by atoms with van der Waals surface area (Å²) in [6.07, 6.45) is 1.98. The number of hydrogen-bond donors (Lipinski definition) is 3. The Morgan fingerprint density at radius 1 is 1.24 bits per heavy atom. The second-order valence-corrected chi connectivity index (χ2v) is 6.61. The highest BCUT2D eigenvalue weighted by atomic mass is 32.2. The predicted octanol–water partition coefficient (Wildman–Crippen LogP) is 1.36. The summed E-state index contributed by atoms with van der Waals surface area (Å²) in [5.41, 5.74) is -0.574. The highest BCUT2D eigenvalue weighted by molar-refractivity contribution is 7.98. The van der Waals surface area contributed by atoms with E-state index in [-0.39, 0.29) is 5.91 Å². The maximum atomic E-state index is 12.1. The van der Waals surface area contributed by atoms with E-state index in [1.54, 1.807) is 32.5 Å². The lowest BCUT2D eigenvalue weighted by molar-refractivity contribution is -0.123. The van der Waals surface area contributed by atoms with Gasteiger partial charge >= 0.3 is 6.09 Å². The third-order valence-electron chi connectivity index (χ3n) is 2.47. The zero-order valence-corrected chi connectivity index (χ0v) is 14.6. The second-order valence-electron chi connectivity index (χ2n) is 5.62. The Balaban J connectivity index is 4.35. The van der Waals surface area contributed by atoms with Crippen LogP contribution in [0.5, 0.6) is 0 Å². The van der Waals surface area contributed by atoms with Crippen LogP contribution >= 0.6 is 11.8 Å². The third kappa shape index (κ3) is 11.4. The molecule has 0 unspecified atom stereocenters. The van der Waals surface area contributed by atoms with Crippen LogP contribution in [-0.2, 0) is 9.53 Å². The molecule has 0 saturated heterocycles. The van der Waals surface area contributed by atoms with Crippen molar-refractivity contribution >= 4 is 23.8 Å². The predicted molar refractivity (Wildman–Crippen MR) is 87.7 cm³/mol. The molecule has 0 aromatic carbocycles. The number of likely N-dealkylation sites (N-methyl/N-ethyl adjacent to an activating group) is 1. The maximum absolute atomic E-state index is 12.1. The third-order valence-corrected chi connectivity index (χ3v) is 3.11. The van der Waals surface area contributed by atoms with Crippen LogP contribution in [-0.4, -0.2) is 55.3 Å². The Labute approximate surface area is 132 Å². The molecule has 21 heavy (non-hydrogen) atoms. The quantitative estimate of drug-likeness (QED) is 0.559. The van der Waals surface area contributed by atoms with Crippen molar-refractivity contribution in [1.29, 1.82) is 0 Å². The summed E-state index contributed by atoms with van der Waals surface area (Å²) < 4.78 is 5.19. The molecule has 2 amide bonds. The molecule has 3 N–H and O–H groups in total. The summed E-state index contributed by atoms with van der Waals surface area (Å²) in [5, 5.41) is 8.58. The number of amides is 2. The van der Waals surface area contributed by atoms with Gasteiger partial charge < -0.3 is 20.7 Å². The Morgan fingerprint density at radius 3 is 2.43 bits per heavy atom. The maximum Gasteiger partial charge on any atom is 0.408 e. The van der Waals surface area contributed by atoms with Crippen LogP contribution in [0.3, 0.4) is 0 Å². The zero-order valence-electron chi connectivity index (χ0n) is 13.7. The van der Waals surface area contributed by atoms with Gasteiger partial charge in [0.15, 0.2) is 0 Å². The molecule has 0 bridgehead atoms. The zero-order chi connectivity index (χ0) is 16.3. The first-order chi connectivity index (χ1) is 9.80. The fraction of sp³-hybridized carbons (Fsp3) is 0.857. The number of alkyl carbamates (subject to hydrolysis) is 1. The molecule has 0 aliphatic carbocycles. The molecule has 0 aromatic rings. The van der Waals surface area contributed by atoms with Crippen molar-refractivity contribution in [2.75, 3.05) is 31.6 Å². The monoisotopic (exact) mass is 319 g/mol. The van der Waals surface area contributed by atoms with Crippen LogP contribution in [0.4, 0.5) is 4.79 Å². The lowest BCUT2D eigenvalue weighted by atomic mass is 10.2. The van der Waals surface area contributed by atoms with Gasteiger partial charge in [0.2, 0.25) is 5.91 Å². The summed E-state index contributed by atoms with van der Waals surface area (Å²) in [6, 6.07) is -0.561. The lowest BCUT2D eigenvalue weighted by Gasteiger charge is -2.23. The first kappa shape index (κ1) is 20.1. The SMILES string of the molecule is CCNCCNC(=O)[C@H](CCSC)NC(=O)OC(C)(C)C. The van der Waals surface area contributed by atoms with E-state index in [1.807, 2.05) is 13.2 Å². The Kier molecular flexibility index (Phi) is 10.2. The molecule has 124 valence electrons. The van der Waals surface area contributed by atoms with Crippen molar-refractivity contribution in [3.63, 3.8) is 0 Å². The van der Waals surface area contributed by atoms with E-state index in [4.69, 9.17) is 4.74 Å². The molecule has 1 atom stereocenters. The Morgan fingerprint density at radius 2 is 1.90 bits per heavy atom. The fourth-order valence-corrected chi connectivity index (χ4v) is 2.00. The summed E-state index contributed by atoms with van der Waals surface area (Å²) in [4.78, 5) is 23.9. The van der Waals surface area contributed by atoms with E-state index >= 15 is 0 Å². The molecule has 0 saturated carbocycles. The van der Waals surface area contributed by atoms with Crippen molar-refractivity contribution in [2.24, 2.45) is 0 Å². The van der Waals surface area contributed by atoms with Gasteiger partial charge in [0.25, 0.3) is 0 Å². The van der Waals surface area contributed by atoms with Gasteiger partial charge in [-0.25, -0.2) is 4.79 Å². The number of rotatable bonds is 9. The van der Waals surface area contributed by atoms with Gasteiger partial charge in [0, 0.05) is 13.1 Å². The summed E-state index contributed by atoms with van der Waals surface area (Å²) in [5.74, 6) is 0.619. The van der Waals surface area contributed by atoms with Crippen molar-refractivity contribution in [2.45, 2.75) is 45.8 Å². The highest BCUT2D eigenvalue weighted by Crippen LogP contribution is 2.08. The molecular formula is C14H29N3O3S. The van der Waals surface area contributed by atoms with E-state index in [1.165, 1.54) is 0 Å². The normalized spacial score (nSPS) is 12.6. The smallest absolute Gasteiger partial charge is 0.408 e. The second kappa shape index (κ2) is 10.7. The van der Waals surface area contributed by atoms with Crippen LogP contribution in [0.15, 0.2) is 0 Å². The molecule has 0 heterocycles. The minimum absolute atomic E-state index is 0.173. The minimum Gasteiger partial charge on any atom is -0.444 e. The standard InChI is InChI=1S/C14H29N3O3S/c1-6-15-8-9-16-12(18)11(7-10-21-5)17-13(19)20-14(2,3)4/h11,15H,6-10H2,1-5H3,(H,16,18)(H,17,19)/t11-/m0/s1. The number of nitrogens with one attached hydrogen (secondary N) is 3. The average molecular weight is 319 g/mol. The number of carbonyl (C=O) groups excluding carboxylic acids is 2. The minimum atomic E-state index is -0.574. The molecule has 0 radical (unpaired) electrons. The van der Waals surface area contributed by atoms with Gasteiger partial charge in [-0.3, -0.25) is 4.79 Å². The van der Waals surface area contributed by atoms with Crippen molar-refractivity contribution in [1.82, 2.24) is 16.0 Å². The number of carbonyl (C=O) groups is 2. The lowest BCUT2D eigenvalue weighted by Crippen LogP contribution is -2.49. The van der Waals surface area contributed by atoms with Crippen LogP contribution < -0.4 is 16.0 Å². The Hall–Kier alpha value is -0.950. The average Bonchev–Trinajstić information content (AvgIpc) is 2.37. The van der Waals surface area contributed by atoms with Crippen molar-refractivity contribution in [3.05, 3.63) is 0 Å². The molecule has 7 heteroatoms. The van der Waals surface area contributed by atoms with Gasteiger partial charge in [0.05, 0.1) is 0 Å². The van der Waals surface area contributed by atoms with E-state index < -0.39 is 17.7 Å². The van der Waals surface area contributed by atoms with E-state index in [0.717, 1.165) is 12.3 Å². The molecule has 0 aliphatic rings. The first-order valence-electron chi connectivity index (χ1n) is 7.27. The summed E-state index contributed by atoms with van der Waals surface area (Å²) in [6.45, 7) is 9.50. The topological polar surface area (TPSA) is 79.5 Å². The van der Waals surface area contributed by atoms with Crippen molar-refractivity contribution < 1.29 is 14.3 Å². The molecule has 0 rings (SSSR count). The van der Waals surface area contributed by atoms with E-state index in [0.29, 0.717) is 19.5 Å². The van der Waals surface area contributed by atoms with Gasteiger partial charge in [-0.1, -0.05) is 6.92 Å². The highest BCUT2D eigenvalue weighted by Gasteiger charge is 2.23.